The summed E-state index contributed by atoms with van der Waals surface area (Å²) in [6, 6.07) is 2.41. The van der Waals surface area contributed by atoms with Crippen LogP contribution in [0.5, 0.6) is 0 Å². The zero-order valence-corrected chi connectivity index (χ0v) is 13.7. The van der Waals surface area contributed by atoms with Crippen LogP contribution in [0.4, 0.5) is 0 Å². The Morgan fingerprint density at radius 2 is 2.10 bits per heavy atom. The molecule has 1 aromatic rings. The van der Waals surface area contributed by atoms with E-state index in [1.54, 1.807) is 12.3 Å². The molecule has 0 spiro atoms. The molecule has 2 saturated carbocycles. The van der Waals surface area contributed by atoms with E-state index in [0.717, 1.165) is 37.9 Å². The highest BCUT2D eigenvalue weighted by molar-refractivity contribution is 7.89. The lowest BCUT2D eigenvalue weighted by Crippen LogP contribution is -2.52. The van der Waals surface area contributed by atoms with Crippen LogP contribution in [-0.2, 0) is 23.6 Å². The topological polar surface area (TPSA) is 63.1 Å². The van der Waals surface area contributed by atoms with Crippen LogP contribution in [-0.4, -0.2) is 24.6 Å². The molecule has 1 aromatic heterocycles. The quantitative estimate of drug-likeness (QED) is 0.808. The predicted octanol–water partition coefficient (Wildman–Crippen LogP) is 1.89. The van der Waals surface area contributed by atoms with Crippen molar-refractivity contribution in [1.29, 1.82) is 0 Å². The van der Waals surface area contributed by atoms with Gasteiger partial charge in [-0.05, 0) is 44.6 Å². The van der Waals surface area contributed by atoms with Gasteiger partial charge in [-0.1, -0.05) is 6.92 Å². The molecule has 1 heterocycles. The Kier molecular flexibility index (Phi) is 3.88. The van der Waals surface area contributed by atoms with Gasteiger partial charge in [-0.3, -0.25) is 0 Å². The first-order chi connectivity index (χ1) is 9.94. The van der Waals surface area contributed by atoms with Gasteiger partial charge in [-0.25, -0.2) is 13.1 Å². The number of nitrogens with one attached hydrogen (secondary N) is 2. The molecule has 0 atom stereocenters. The molecule has 0 aliphatic heterocycles. The van der Waals surface area contributed by atoms with E-state index in [0.29, 0.717) is 10.9 Å². The van der Waals surface area contributed by atoms with Gasteiger partial charge in [0.2, 0.25) is 10.0 Å². The summed E-state index contributed by atoms with van der Waals surface area (Å²) in [5, 5.41) is 3.42. The average Bonchev–Trinajstić information content (AvgIpc) is 3.14. The first kappa shape index (κ1) is 15.1. The number of aryl methyl sites for hydroxylation is 1. The molecule has 2 N–H and O–H groups in total. The molecule has 21 heavy (non-hydrogen) atoms. The molecule has 0 saturated heterocycles. The summed E-state index contributed by atoms with van der Waals surface area (Å²) in [5.74, 6) is 0. The summed E-state index contributed by atoms with van der Waals surface area (Å²) < 4.78 is 30.0. The van der Waals surface area contributed by atoms with Crippen LogP contribution in [0.3, 0.4) is 0 Å². The minimum Gasteiger partial charge on any atom is -0.352 e. The number of hydrogen-bond donors (Lipinski definition) is 2. The second-order valence-electron chi connectivity index (χ2n) is 6.53. The van der Waals surface area contributed by atoms with Gasteiger partial charge in [-0.2, -0.15) is 0 Å². The van der Waals surface area contributed by atoms with Crippen molar-refractivity contribution in [2.45, 2.75) is 68.5 Å². The van der Waals surface area contributed by atoms with Gasteiger partial charge in [-0.15, -0.1) is 0 Å². The third-order valence-corrected chi connectivity index (χ3v) is 6.43. The Morgan fingerprint density at radius 1 is 1.38 bits per heavy atom. The zero-order valence-electron chi connectivity index (χ0n) is 12.9. The lowest BCUT2D eigenvalue weighted by molar-refractivity contribution is 0.214. The number of nitrogens with zero attached hydrogens (tertiary/aromatic N) is 1. The largest absolute Gasteiger partial charge is 0.352 e. The van der Waals surface area contributed by atoms with Crippen LogP contribution in [0.25, 0.3) is 0 Å². The normalized spacial score (nSPS) is 21.2. The summed E-state index contributed by atoms with van der Waals surface area (Å²) in [5.41, 5.74) is 0.808. The van der Waals surface area contributed by atoms with Gasteiger partial charge in [0.15, 0.2) is 0 Å². The van der Waals surface area contributed by atoms with E-state index < -0.39 is 10.0 Å². The van der Waals surface area contributed by atoms with Gasteiger partial charge in [0.05, 0.1) is 4.90 Å². The molecule has 0 aromatic carbocycles. The molecule has 3 rings (SSSR count). The van der Waals surface area contributed by atoms with Gasteiger partial charge >= 0.3 is 0 Å². The van der Waals surface area contributed by atoms with Gasteiger partial charge in [0, 0.05) is 37.1 Å². The summed E-state index contributed by atoms with van der Waals surface area (Å²) in [4.78, 5) is 0.386. The molecular weight excluding hydrogens is 286 g/mol. The fraction of sp³-hybridized carbons (Fsp3) is 0.733. The van der Waals surface area contributed by atoms with Crippen molar-refractivity contribution in [2.75, 3.05) is 0 Å². The highest BCUT2D eigenvalue weighted by Crippen LogP contribution is 2.36. The van der Waals surface area contributed by atoms with Crippen molar-refractivity contribution < 1.29 is 8.42 Å². The molecule has 2 aliphatic rings. The summed E-state index contributed by atoms with van der Waals surface area (Å²) in [6.07, 6.45) is 8.05. The van der Waals surface area contributed by atoms with Crippen LogP contribution in [0.2, 0.25) is 0 Å². The molecule has 0 unspecified atom stereocenters. The molecule has 2 fully saturated rings. The van der Waals surface area contributed by atoms with Crippen LogP contribution < -0.4 is 10.0 Å². The lowest BCUT2D eigenvalue weighted by Gasteiger charge is -2.41. The second-order valence-corrected chi connectivity index (χ2v) is 8.21. The van der Waals surface area contributed by atoms with E-state index in [9.17, 15) is 8.42 Å². The first-order valence-electron chi connectivity index (χ1n) is 7.87. The van der Waals surface area contributed by atoms with Crippen LogP contribution in [0, 0.1) is 0 Å². The fourth-order valence-electron chi connectivity index (χ4n) is 2.91. The van der Waals surface area contributed by atoms with Gasteiger partial charge in [0.25, 0.3) is 0 Å². The molecule has 118 valence electrons. The highest BCUT2D eigenvalue weighted by atomic mass is 32.2. The number of rotatable bonds is 7. The van der Waals surface area contributed by atoms with Crippen molar-refractivity contribution in [1.82, 2.24) is 14.6 Å². The Bertz CT molecular complexity index is 607. The molecule has 6 heteroatoms. The average molecular weight is 311 g/mol. The molecular formula is C15H25N3O2S. The molecule has 0 amide bonds. The third-order valence-electron chi connectivity index (χ3n) is 4.88. The minimum absolute atomic E-state index is 0.207. The third kappa shape index (κ3) is 3.17. The molecule has 2 aliphatic carbocycles. The van der Waals surface area contributed by atoms with Crippen molar-refractivity contribution in [3.05, 3.63) is 18.0 Å². The second kappa shape index (κ2) is 5.41. The number of aromatic nitrogens is 1. The Balaban J connectivity index is 1.73. The predicted molar refractivity (Wildman–Crippen MR) is 82.5 cm³/mol. The molecule has 0 radical (unpaired) electrons. The lowest BCUT2D eigenvalue weighted by atomic mass is 9.76. The Morgan fingerprint density at radius 3 is 2.62 bits per heavy atom. The standard InChI is InChI=1S/C15H25N3O2S/c1-3-15(7-4-8-15)17-21(19,20)14-9-13(18(2)11-14)10-16-12-5-6-12/h9,11-12,16-17H,3-8,10H2,1-2H3. The number of sulfonamides is 1. The maximum atomic E-state index is 12.6. The maximum absolute atomic E-state index is 12.6. The van der Waals surface area contributed by atoms with E-state index in [1.165, 1.54) is 12.8 Å². The van der Waals surface area contributed by atoms with Gasteiger partial charge in [0.1, 0.15) is 0 Å². The highest BCUT2D eigenvalue weighted by Gasteiger charge is 2.39. The van der Waals surface area contributed by atoms with Crippen LogP contribution in [0.15, 0.2) is 17.2 Å². The first-order valence-corrected chi connectivity index (χ1v) is 9.35. The smallest absolute Gasteiger partial charge is 0.242 e. The Hall–Kier alpha value is -0.850. The van der Waals surface area contributed by atoms with E-state index in [4.69, 9.17) is 0 Å². The molecule has 0 bridgehead atoms. The van der Waals surface area contributed by atoms with Crippen LogP contribution >= 0.6 is 0 Å². The maximum Gasteiger partial charge on any atom is 0.242 e. The summed E-state index contributed by atoms with van der Waals surface area (Å²) in [6.45, 7) is 2.78. The minimum atomic E-state index is -3.41. The zero-order chi connectivity index (χ0) is 15.1. The van der Waals surface area contributed by atoms with E-state index in [-0.39, 0.29) is 5.54 Å². The fourth-order valence-corrected chi connectivity index (χ4v) is 4.54. The summed E-state index contributed by atoms with van der Waals surface area (Å²) in [7, 11) is -1.51. The monoisotopic (exact) mass is 311 g/mol. The summed E-state index contributed by atoms with van der Waals surface area (Å²) >= 11 is 0. The van der Waals surface area contributed by atoms with Crippen molar-refractivity contribution >= 4 is 10.0 Å². The van der Waals surface area contributed by atoms with E-state index in [2.05, 4.69) is 17.0 Å². The van der Waals surface area contributed by atoms with Crippen molar-refractivity contribution in [3.63, 3.8) is 0 Å². The van der Waals surface area contributed by atoms with E-state index >= 15 is 0 Å². The van der Waals surface area contributed by atoms with Gasteiger partial charge < -0.3 is 9.88 Å². The SMILES string of the molecule is CCC1(NS(=O)(=O)c2cc(CNC3CC3)n(C)c2)CCC1. The van der Waals surface area contributed by atoms with E-state index in [1.807, 2.05) is 11.6 Å². The van der Waals surface area contributed by atoms with Crippen LogP contribution in [0.1, 0.15) is 51.1 Å². The molecule has 5 nitrogen and oxygen atoms in total. The Labute approximate surface area is 127 Å². The van der Waals surface area contributed by atoms with Crippen molar-refractivity contribution in [2.24, 2.45) is 7.05 Å². The number of hydrogen-bond acceptors (Lipinski definition) is 3. The van der Waals surface area contributed by atoms with Crippen molar-refractivity contribution in [3.8, 4) is 0 Å².